The molecule has 0 heterocycles. The van der Waals surface area contributed by atoms with E-state index in [0.29, 0.717) is 11.0 Å². The molecule has 0 saturated heterocycles. The molecule has 1 aromatic rings. The van der Waals surface area contributed by atoms with E-state index in [1.807, 2.05) is 0 Å². The molecular formula is C20H27NO2S. The minimum absolute atomic E-state index is 0.00633. The van der Waals surface area contributed by atoms with Gasteiger partial charge in [-0.05, 0) is 92.4 Å². The highest BCUT2D eigenvalue weighted by molar-refractivity contribution is 7.84. The number of rotatable bonds is 5. The first-order valence-electron chi connectivity index (χ1n) is 9.25. The van der Waals surface area contributed by atoms with E-state index in [4.69, 9.17) is 0 Å². The van der Waals surface area contributed by atoms with E-state index in [2.05, 4.69) is 5.32 Å². The average Bonchev–Trinajstić information content (AvgIpc) is 2.53. The van der Waals surface area contributed by atoms with Crippen molar-refractivity contribution in [2.45, 2.75) is 49.8 Å². The third-order valence-corrected chi connectivity index (χ3v) is 7.49. The smallest absolute Gasteiger partial charge is 0.251 e. The maximum atomic E-state index is 12.3. The number of carbonyl (C=O) groups excluding carboxylic acids is 1. The molecular weight excluding hydrogens is 318 g/mol. The van der Waals surface area contributed by atoms with Crippen LogP contribution in [0.1, 0.15) is 55.3 Å². The maximum absolute atomic E-state index is 12.3. The summed E-state index contributed by atoms with van der Waals surface area (Å²) in [5.74, 6) is 2.89. The summed E-state index contributed by atoms with van der Waals surface area (Å²) in [4.78, 5) is 13.1. The van der Waals surface area contributed by atoms with Crippen molar-refractivity contribution in [3.05, 3.63) is 29.8 Å². The van der Waals surface area contributed by atoms with Crippen LogP contribution in [-0.2, 0) is 10.8 Å². The highest BCUT2D eigenvalue weighted by Gasteiger charge is 2.50. The fourth-order valence-corrected chi connectivity index (χ4v) is 6.46. The van der Waals surface area contributed by atoms with Gasteiger partial charge in [-0.25, -0.2) is 0 Å². The highest BCUT2D eigenvalue weighted by atomic mass is 32.2. The molecule has 4 heteroatoms. The minimum atomic E-state index is -0.994. The van der Waals surface area contributed by atoms with Crippen molar-refractivity contribution in [1.82, 2.24) is 5.32 Å². The lowest BCUT2D eigenvalue weighted by Crippen LogP contribution is -2.47. The molecule has 0 radical (unpaired) electrons. The van der Waals surface area contributed by atoms with Crippen molar-refractivity contribution in [2.24, 2.45) is 23.2 Å². The Kier molecular flexibility index (Phi) is 4.27. The summed E-state index contributed by atoms with van der Waals surface area (Å²) >= 11 is 0. The Morgan fingerprint density at radius 2 is 1.62 bits per heavy atom. The highest BCUT2D eigenvalue weighted by Crippen LogP contribution is 2.61. The van der Waals surface area contributed by atoms with E-state index in [-0.39, 0.29) is 5.91 Å². The molecule has 1 atom stereocenters. The first kappa shape index (κ1) is 16.3. The number of hydrogen-bond acceptors (Lipinski definition) is 2. The van der Waals surface area contributed by atoms with Crippen LogP contribution in [-0.4, -0.2) is 22.9 Å². The zero-order valence-electron chi connectivity index (χ0n) is 14.4. The van der Waals surface area contributed by atoms with Gasteiger partial charge < -0.3 is 5.32 Å². The van der Waals surface area contributed by atoms with E-state index >= 15 is 0 Å². The largest absolute Gasteiger partial charge is 0.352 e. The SMILES string of the molecule is CS(=O)c1ccc(C(=O)NCCC23CC4CC(CC(C4)C2)C3)cc1. The molecule has 130 valence electrons. The fourth-order valence-electron chi connectivity index (χ4n) is 5.94. The van der Waals surface area contributed by atoms with Crippen LogP contribution >= 0.6 is 0 Å². The zero-order chi connectivity index (χ0) is 16.7. The van der Waals surface area contributed by atoms with E-state index in [9.17, 15) is 9.00 Å². The molecule has 0 aliphatic heterocycles. The molecule has 4 fully saturated rings. The van der Waals surface area contributed by atoms with Crippen LogP contribution in [0.15, 0.2) is 29.2 Å². The Hall–Kier alpha value is -1.16. The van der Waals surface area contributed by atoms with Gasteiger partial charge in [-0.15, -0.1) is 0 Å². The first-order valence-corrected chi connectivity index (χ1v) is 10.8. The molecule has 1 amide bonds. The van der Waals surface area contributed by atoms with Crippen LogP contribution in [0.3, 0.4) is 0 Å². The second-order valence-corrected chi connectivity index (χ2v) is 9.78. The molecule has 0 spiro atoms. The van der Waals surface area contributed by atoms with E-state index < -0.39 is 10.8 Å². The third-order valence-electron chi connectivity index (χ3n) is 6.55. The topological polar surface area (TPSA) is 46.2 Å². The predicted octanol–water partition coefficient (Wildman–Crippen LogP) is 3.76. The van der Waals surface area contributed by atoms with E-state index in [1.165, 1.54) is 38.5 Å². The Balaban J connectivity index is 1.32. The number of hydrogen-bond donors (Lipinski definition) is 1. The summed E-state index contributed by atoms with van der Waals surface area (Å²) in [5.41, 5.74) is 1.18. The van der Waals surface area contributed by atoms with Crippen molar-refractivity contribution < 1.29 is 9.00 Å². The normalized spacial score (nSPS) is 35.0. The molecule has 5 rings (SSSR count). The minimum Gasteiger partial charge on any atom is -0.352 e. The van der Waals surface area contributed by atoms with Gasteiger partial charge in [0.05, 0.1) is 0 Å². The summed E-state index contributed by atoms with van der Waals surface area (Å²) in [7, 11) is -0.994. The van der Waals surface area contributed by atoms with E-state index in [1.54, 1.807) is 30.5 Å². The second-order valence-electron chi connectivity index (χ2n) is 8.40. The molecule has 24 heavy (non-hydrogen) atoms. The number of amides is 1. The quantitative estimate of drug-likeness (QED) is 0.883. The molecule has 1 N–H and O–H groups in total. The third kappa shape index (κ3) is 3.17. The van der Waals surface area contributed by atoms with Crippen LogP contribution in [0, 0.1) is 23.2 Å². The lowest BCUT2D eigenvalue weighted by atomic mass is 9.49. The van der Waals surface area contributed by atoms with Crippen LogP contribution in [0.5, 0.6) is 0 Å². The number of carbonyl (C=O) groups is 1. The van der Waals surface area contributed by atoms with Crippen LogP contribution in [0.2, 0.25) is 0 Å². The van der Waals surface area contributed by atoms with Crippen LogP contribution in [0.25, 0.3) is 0 Å². The van der Waals surface area contributed by atoms with Crippen LogP contribution in [0.4, 0.5) is 0 Å². The standard InChI is InChI=1S/C20H27NO2S/c1-24(23)18-4-2-17(3-5-18)19(22)21-7-6-20-11-14-8-15(12-20)10-16(9-14)13-20/h2-5,14-16H,6-13H2,1H3,(H,21,22). The first-order chi connectivity index (χ1) is 11.5. The van der Waals surface area contributed by atoms with Gasteiger partial charge in [0, 0.05) is 34.1 Å². The molecule has 3 nitrogen and oxygen atoms in total. The zero-order valence-corrected chi connectivity index (χ0v) is 15.2. The van der Waals surface area contributed by atoms with Gasteiger partial charge in [0.1, 0.15) is 0 Å². The predicted molar refractivity (Wildman–Crippen MR) is 96.3 cm³/mol. The molecule has 4 aliphatic carbocycles. The molecule has 1 aromatic carbocycles. The summed E-state index contributed by atoms with van der Waals surface area (Å²) < 4.78 is 11.4. The Morgan fingerprint density at radius 1 is 1.08 bits per heavy atom. The van der Waals surface area contributed by atoms with Crippen molar-refractivity contribution in [3.63, 3.8) is 0 Å². The summed E-state index contributed by atoms with van der Waals surface area (Å²) in [5, 5.41) is 3.11. The molecule has 4 bridgehead atoms. The van der Waals surface area contributed by atoms with Crippen molar-refractivity contribution in [1.29, 1.82) is 0 Å². The van der Waals surface area contributed by atoms with Gasteiger partial charge in [-0.3, -0.25) is 9.00 Å². The second kappa shape index (κ2) is 6.29. The van der Waals surface area contributed by atoms with Gasteiger partial charge in [-0.2, -0.15) is 0 Å². The maximum Gasteiger partial charge on any atom is 0.251 e. The summed E-state index contributed by atoms with van der Waals surface area (Å²) in [6.07, 6.45) is 11.4. The molecule has 4 aliphatic rings. The van der Waals surface area contributed by atoms with Crippen molar-refractivity contribution in [2.75, 3.05) is 12.8 Å². The Bertz CT molecular complexity index is 617. The van der Waals surface area contributed by atoms with Gasteiger partial charge in [0.2, 0.25) is 0 Å². The molecule has 1 unspecified atom stereocenters. The monoisotopic (exact) mass is 345 g/mol. The lowest BCUT2D eigenvalue weighted by Gasteiger charge is -2.57. The fraction of sp³-hybridized carbons (Fsp3) is 0.650. The van der Waals surface area contributed by atoms with Gasteiger partial charge in [0.15, 0.2) is 0 Å². The van der Waals surface area contributed by atoms with Gasteiger partial charge in [-0.1, -0.05) is 0 Å². The Morgan fingerprint density at radius 3 is 2.12 bits per heavy atom. The number of nitrogens with one attached hydrogen (secondary N) is 1. The van der Waals surface area contributed by atoms with Gasteiger partial charge >= 0.3 is 0 Å². The van der Waals surface area contributed by atoms with Crippen molar-refractivity contribution >= 4 is 16.7 Å². The molecule has 0 aromatic heterocycles. The van der Waals surface area contributed by atoms with Gasteiger partial charge in [0.25, 0.3) is 5.91 Å². The van der Waals surface area contributed by atoms with E-state index in [0.717, 1.165) is 35.6 Å². The summed E-state index contributed by atoms with van der Waals surface area (Å²) in [6, 6.07) is 7.11. The molecule has 4 saturated carbocycles. The summed E-state index contributed by atoms with van der Waals surface area (Å²) in [6.45, 7) is 0.784. The van der Waals surface area contributed by atoms with Crippen molar-refractivity contribution in [3.8, 4) is 0 Å². The average molecular weight is 346 g/mol. The lowest BCUT2D eigenvalue weighted by molar-refractivity contribution is -0.0564. The Labute approximate surface area is 147 Å². The van der Waals surface area contributed by atoms with Crippen LogP contribution < -0.4 is 5.32 Å². The number of benzene rings is 1.